The van der Waals surface area contributed by atoms with Crippen LogP contribution in [-0.4, -0.2) is 84.6 Å². The number of nitrogens with zero attached hydrogens (tertiary/aromatic N) is 6. The molecule has 3 aliphatic heterocycles. The summed E-state index contributed by atoms with van der Waals surface area (Å²) in [4.78, 5) is 34.0. The van der Waals surface area contributed by atoms with Crippen LogP contribution in [0.25, 0.3) is 10.9 Å². The minimum atomic E-state index is -1.32. The van der Waals surface area contributed by atoms with E-state index in [0.717, 1.165) is 67.0 Å². The lowest BCUT2D eigenvalue weighted by atomic mass is 9.86. The number of nitriles is 1. The fourth-order valence-corrected chi connectivity index (χ4v) is 7.45. The smallest absolute Gasteiger partial charge is 0.410 e. The predicted octanol–water partition coefficient (Wildman–Crippen LogP) is 6.23. The summed E-state index contributed by atoms with van der Waals surface area (Å²) in [5.74, 6) is 0.271. The number of pyridine rings is 1. The summed E-state index contributed by atoms with van der Waals surface area (Å²) in [5, 5.41) is 10.7. The van der Waals surface area contributed by atoms with Gasteiger partial charge in [0, 0.05) is 70.6 Å². The van der Waals surface area contributed by atoms with Crippen molar-refractivity contribution in [2.24, 2.45) is 7.05 Å². The first-order chi connectivity index (χ1) is 22.2. The molecule has 3 aromatic rings. The minimum absolute atomic E-state index is 0.00748. The quantitative estimate of drug-likeness (QED) is 0.334. The first kappa shape index (κ1) is 32.8. The number of likely N-dealkylation sites (N-methyl/N-ethyl adjacent to an activating group) is 1. The van der Waals surface area contributed by atoms with Gasteiger partial charge in [0.15, 0.2) is 0 Å². The number of amides is 1. The zero-order valence-corrected chi connectivity index (χ0v) is 28.6. The molecule has 0 radical (unpaired) electrons. The lowest BCUT2D eigenvalue weighted by Crippen LogP contribution is -2.51. The Balaban J connectivity index is 1.23. The van der Waals surface area contributed by atoms with Gasteiger partial charge in [0.1, 0.15) is 11.3 Å². The number of rotatable bonds is 4. The summed E-state index contributed by atoms with van der Waals surface area (Å²) in [7, 11) is 3.92. The Hall–Kier alpha value is -4.10. The van der Waals surface area contributed by atoms with Crippen LogP contribution in [0.1, 0.15) is 69.1 Å². The van der Waals surface area contributed by atoms with Crippen molar-refractivity contribution in [3.63, 3.8) is 0 Å². The number of benzene rings is 2. The van der Waals surface area contributed by atoms with E-state index < -0.39 is 11.3 Å². The monoisotopic (exact) mass is 642 g/mol. The van der Waals surface area contributed by atoms with E-state index in [0.29, 0.717) is 43.6 Å². The van der Waals surface area contributed by atoms with E-state index in [-0.39, 0.29) is 17.6 Å². The Bertz CT molecular complexity index is 1770. The summed E-state index contributed by atoms with van der Waals surface area (Å²) < 4.78 is 23.3. The van der Waals surface area contributed by atoms with Crippen LogP contribution in [0.15, 0.2) is 41.2 Å². The molecular weight excluding hydrogens is 595 g/mol. The molecule has 0 aliphatic carbocycles. The van der Waals surface area contributed by atoms with Crippen molar-refractivity contribution in [2.45, 2.75) is 70.6 Å². The zero-order valence-electron chi connectivity index (χ0n) is 28.6. The maximum Gasteiger partial charge on any atom is 0.410 e. The Morgan fingerprint density at radius 3 is 2.34 bits per heavy atom. The average Bonchev–Trinajstić information content (AvgIpc) is 3.03. The first-order valence-electron chi connectivity index (χ1n) is 16.8. The number of aromatic nitrogens is 1. The van der Waals surface area contributed by atoms with Gasteiger partial charge in [0.05, 0.1) is 34.2 Å². The molecule has 2 fully saturated rings. The second kappa shape index (κ2) is 12.5. The standard InChI is InChI=1S/C37H47FN6O3/c1-25-19-29-31(41(6)34(25)45)21-28(22-32(29)44-18-17-40(5)30-8-7-26(23-39)20-33(30)44)27-9-13-42(14-10-27)24-37(38)11-15-43(16-12-37)35(46)47-36(2,3)4/h7-8,19-22,27H,9-18,24H2,1-6H3. The SMILES string of the molecule is Cc1cc2c(N3CCN(C)c4ccc(C#N)cc43)cc(C3CCN(CC4(F)CCN(C(=O)OC(C)(C)C)CC4)CC3)cc2n(C)c1=O. The highest BCUT2D eigenvalue weighted by molar-refractivity contribution is 5.97. The molecule has 47 heavy (non-hydrogen) atoms. The Morgan fingerprint density at radius 2 is 1.68 bits per heavy atom. The van der Waals surface area contributed by atoms with Crippen LogP contribution in [0.2, 0.25) is 0 Å². The van der Waals surface area contributed by atoms with Crippen molar-refractivity contribution in [2.75, 3.05) is 62.7 Å². The second-order valence-corrected chi connectivity index (χ2v) is 14.7. The number of fused-ring (bicyclic) bond motifs is 2. The predicted molar refractivity (Wildman–Crippen MR) is 185 cm³/mol. The molecule has 4 heterocycles. The number of hydrogen-bond acceptors (Lipinski definition) is 7. The molecule has 0 unspecified atom stereocenters. The topological polar surface area (TPSA) is 85.0 Å². The number of anilines is 3. The molecule has 1 amide bonds. The van der Waals surface area contributed by atoms with Gasteiger partial charge in [0.25, 0.3) is 5.56 Å². The molecule has 6 rings (SSSR count). The second-order valence-electron chi connectivity index (χ2n) is 14.7. The number of halogens is 1. The number of alkyl halides is 1. The third kappa shape index (κ3) is 6.68. The maximum atomic E-state index is 16.0. The highest BCUT2D eigenvalue weighted by Gasteiger charge is 2.39. The third-order valence-corrected chi connectivity index (χ3v) is 10.2. The molecule has 10 heteroatoms. The molecule has 2 saturated heterocycles. The first-order valence-corrected chi connectivity index (χ1v) is 16.8. The summed E-state index contributed by atoms with van der Waals surface area (Å²) in [6.45, 7) is 11.6. The molecule has 0 spiro atoms. The normalized spacial score (nSPS) is 19.1. The number of ether oxygens (including phenoxy) is 1. The van der Waals surface area contributed by atoms with Gasteiger partial charge in [-0.2, -0.15) is 5.26 Å². The fourth-order valence-electron chi connectivity index (χ4n) is 7.45. The van der Waals surface area contributed by atoms with E-state index in [1.807, 2.05) is 59.0 Å². The van der Waals surface area contributed by atoms with Gasteiger partial charge < -0.3 is 28.9 Å². The Kier molecular flexibility index (Phi) is 8.73. The van der Waals surface area contributed by atoms with Crippen molar-refractivity contribution < 1.29 is 13.9 Å². The molecular formula is C37H47FN6O3. The lowest BCUT2D eigenvalue weighted by molar-refractivity contribution is -0.00813. The van der Waals surface area contributed by atoms with Crippen LogP contribution in [0.4, 0.5) is 26.2 Å². The van der Waals surface area contributed by atoms with Crippen molar-refractivity contribution >= 4 is 34.1 Å². The number of carbonyl (C=O) groups is 1. The fraction of sp³-hybridized carbons (Fsp3) is 0.541. The van der Waals surface area contributed by atoms with Crippen LogP contribution in [0, 0.1) is 18.3 Å². The van der Waals surface area contributed by atoms with Crippen molar-refractivity contribution in [3.05, 3.63) is 63.4 Å². The molecule has 0 saturated carbocycles. The summed E-state index contributed by atoms with van der Waals surface area (Å²) in [6.07, 6.45) is 2.04. The van der Waals surface area contributed by atoms with Gasteiger partial charge in [-0.05, 0) is 102 Å². The van der Waals surface area contributed by atoms with Gasteiger partial charge in [-0.15, -0.1) is 0 Å². The van der Waals surface area contributed by atoms with Gasteiger partial charge in [-0.1, -0.05) is 0 Å². The summed E-state index contributed by atoms with van der Waals surface area (Å²) in [5.41, 5.74) is 4.59. The van der Waals surface area contributed by atoms with Gasteiger partial charge in [0.2, 0.25) is 0 Å². The minimum Gasteiger partial charge on any atom is -0.444 e. The number of piperidine rings is 2. The van der Waals surface area contributed by atoms with Gasteiger partial charge in [-0.25, -0.2) is 9.18 Å². The average molecular weight is 643 g/mol. The van der Waals surface area contributed by atoms with E-state index in [1.165, 1.54) is 5.56 Å². The zero-order chi connectivity index (χ0) is 33.7. The Labute approximate surface area is 277 Å². The molecule has 2 aromatic carbocycles. The van der Waals surface area contributed by atoms with E-state index in [4.69, 9.17) is 4.74 Å². The van der Waals surface area contributed by atoms with Crippen molar-refractivity contribution in [3.8, 4) is 6.07 Å². The maximum absolute atomic E-state index is 16.0. The molecule has 1 aromatic heterocycles. The highest BCUT2D eigenvalue weighted by atomic mass is 19.1. The van der Waals surface area contributed by atoms with Crippen LogP contribution in [0.3, 0.4) is 0 Å². The van der Waals surface area contributed by atoms with Crippen molar-refractivity contribution in [1.29, 1.82) is 5.26 Å². The number of hydrogen-bond donors (Lipinski definition) is 0. The number of aryl methyl sites for hydroxylation is 2. The highest BCUT2D eigenvalue weighted by Crippen LogP contribution is 2.43. The van der Waals surface area contributed by atoms with Gasteiger partial charge in [-0.3, -0.25) is 4.79 Å². The molecule has 9 nitrogen and oxygen atoms in total. The van der Waals surface area contributed by atoms with Crippen LogP contribution >= 0.6 is 0 Å². The van der Waals surface area contributed by atoms with Crippen LogP contribution < -0.4 is 15.4 Å². The third-order valence-electron chi connectivity index (χ3n) is 10.2. The largest absolute Gasteiger partial charge is 0.444 e. The van der Waals surface area contributed by atoms with E-state index in [1.54, 1.807) is 9.47 Å². The Morgan fingerprint density at radius 1 is 0.979 bits per heavy atom. The van der Waals surface area contributed by atoms with Crippen LogP contribution in [-0.2, 0) is 11.8 Å². The number of likely N-dealkylation sites (tertiary alicyclic amines) is 2. The summed E-state index contributed by atoms with van der Waals surface area (Å²) >= 11 is 0. The number of carbonyl (C=O) groups excluding carboxylic acids is 1. The van der Waals surface area contributed by atoms with Crippen molar-refractivity contribution in [1.82, 2.24) is 14.4 Å². The van der Waals surface area contributed by atoms with E-state index >= 15 is 4.39 Å². The molecule has 0 N–H and O–H groups in total. The lowest BCUT2D eigenvalue weighted by Gasteiger charge is -2.41. The molecule has 250 valence electrons. The summed E-state index contributed by atoms with van der Waals surface area (Å²) in [6, 6.07) is 14.6. The molecule has 0 atom stereocenters. The molecule has 3 aliphatic rings. The van der Waals surface area contributed by atoms with Crippen LogP contribution in [0.5, 0.6) is 0 Å². The van der Waals surface area contributed by atoms with Gasteiger partial charge >= 0.3 is 6.09 Å². The van der Waals surface area contributed by atoms with E-state index in [9.17, 15) is 14.9 Å². The van der Waals surface area contributed by atoms with E-state index in [2.05, 4.69) is 39.9 Å². The molecule has 0 bridgehead atoms.